The summed E-state index contributed by atoms with van der Waals surface area (Å²) in [5.74, 6) is -1.26. The van der Waals surface area contributed by atoms with Crippen molar-refractivity contribution >= 4 is 48.9 Å². The number of carboxylic acids is 1. The third kappa shape index (κ3) is 2.96. The highest BCUT2D eigenvalue weighted by atomic mass is 79.9. The van der Waals surface area contributed by atoms with Gasteiger partial charge in [0.15, 0.2) is 0 Å². The van der Waals surface area contributed by atoms with E-state index in [9.17, 15) is 13.2 Å². The highest BCUT2D eigenvalue weighted by Crippen LogP contribution is 2.27. The molecule has 19 heavy (non-hydrogen) atoms. The number of anilines is 1. The third-order valence-corrected chi connectivity index (χ3v) is 5.36. The zero-order valence-corrected chi connectivity index (χ0v) is 12.5. The van der Waals surface area contributed by atoms with Crippen LogP contribution in [0.15, 0.2) is 45.1 Å². The average Bonchev–Trinajstić information content (AvgIpc) is 2.82. The molecule has 1 aromatic carbocycles. The van der Waals surface area contributed by atoms with E-state index in [2.05, 4.69) is 20.7 Å². The Balaban J connectivity index is 2.41. The molecular weight excluding hydrogens is 354 g/mol. The summed E-state index contributed by atoms with van der Waals surface area (Å²) in [6.45, 7) is 0. The summed E-state index contributed by atoms with van der Waals surface area (Å²) in [4.78, 5) is 10.5. The first-order chi connectivity index (χ1) is 8.92. The van der Waals surface area contributed by atoms with Crippen molar-refractivity contribution in [2.45, 2.75) is 4.90 Å². The third-order valence-electron chi connectivity index (χ3n) is 2.23. The van der Waals surface area contributed by atoms with Crippen molar-refractivity contribution in [1.82, 2.24) is 0 Å². The van der Waals surface area contributed by atoms with Crippen LogP contribution in [-0.4, -0.2) is 19.5 Å². The number of carbonyl (C=O) groups is 1. The Kier molecular flexibility index (Phi) is 3.93. The van der Waals surface area contributed by atoms with Gasteiger partial charge in [0, 0.05) is 4.47 Å². The number of carboxylic acid groups (broad SMARTS) is 1. The van der Waals surface area contributed by atoms with E-state index in [1.54, 1.807) is 24.3 Å². The molecule has 0 unspecified atom stereocenters. The molecule has 0 saturated carbocycles. The molecule has 0 atom stereocenters. The first kappa shape index (κ1) is 14.0. The van der Waals surface area contributed by atoms with Gasteiger partial charge in [-0.25, -0.2) is 13.2 Å². The van der Waals surface area contributed by atoms with Crippen molar-refractivity contribution < 1.29 is 18.3 Å². The number of hydrogen-bond donors (Lipinski definition) is 2. The standard InChI is InChI=1S/C11H8BrNO4S2/c12-7-3-1-2-4-8(7)13-19(16,17)9-5-6-18-10(9)11(14)15/h1-6,13H,(H,14,15). The van der Waals surface area contributed by atoms with Crippen molar-refractivity contribution in [2.75, 3.05) is 4.72 Å². The van der Waals surface area contributed by atoms with Gasteiger partial charge in [0.1, 0.15) is 9.77 Å². The maximum Gasteiger partial charge on any atom is 0.347 e. The van der Waals surface area contributed by atoms with Gasteiger partial charge in [-0.05, 0) is 39.5 Å². The highest BCUT2D eigenvalue weighted by Gasteiger charge is 2.24. The second kappa shape index (κ2) is 5.32. The second-order valence-electron chi connectivity index (χ2n) is 3.50. The SMILES string of the molecule is O=C(O)c1sccc1S(=O)(=O)Nc1ccccc1Br. The van der Waals surface area contributed by atoms with Crippen molar-refractivity contribution in [3.8, 4) is 0 Å². The smallest absolute Gasteiger partial charge is 0.347 e. The van der Waals surface area contributed by atoms with Crippen LogP contribution in [0.3, 0.4) is 0 Å². The Hall–Kier alpha value is -1.38. The minimum absolute atomic E-state index is 0.209. The van der Waals surface area contributed by atoms with E-state index in [-0.39, 0.29) is 9.77 Å². The summed E-state index contributed by atoms with van der Waals surface area (Å²) < 4.78 is 27.2. The Bertz CT molecular complexity index is 724. The molecule has 0 spiro atoms. The molecule has 0 aliphatic rings. The van der Waals surface area contributed by atoms with Crippen LogP contribution in [0.2, 0.25) is 0 Å². The summed E-state index contributed by atoms with van der Waals surface area (Å²) in [7, 11) is -3.92. The largest absolute Gasteiger partial charge is 0.477 e. The number of benzene rings is 1. The van der Waals surface area contributed by atoms with Gasteiger partial charge in [0.05, 0.1) is 5.69 Å². The van der Waals surface area contributed by atoms with Crippen LogP contribution in [0.1, 0.15) is 9.67 Å². The molecule has 1 aromatic heterocycles. The summed E-state index contributed by atoms with van der Waals surface area (Å²) in [6.07, 6.45) is 0. The molecule has 0 fully saturated rings. The minimum atomic E-state index is -3.92. The first-order valence-electron chi connectivity index (χ1n) is 5.00. The normalized spacial score (nSPS) is 11.2. The molecule has 8 heteroatoms. The summed E-state index contributed by atoms with van der Waals surface area (Å²) in [6, 6.07) is 7.95. The molecule has 0 saturated heterocycles. The maximum atomic E-state index is 12.2. The van der Waals surface area contributed by atoms with Crippen molar-refractivity contribution in [3.63, 3.8) is 0 Å². The molecule has 5 nitrogen and oxygen atoms in total. The molecule has 2 aromatic rings. The monoisotopic (exact) mass is 361 g/mol. The van der Waals surface area contributed by atoms with Crippen molar-refractivity contribution in [2.24, 2.45) is 0 Å². The fourth-order valence-electron chi connectivity index (χ4n) is 1.41. The van der Waals surface area contributed by atoms with Crippen LogP contribution in [0, 0.1) is 0 Å². The van der Waals surface area contributed by atoms with Gasteiger partial charge < -0.3 is 5.11 Å². The van der Waals surface area contributed by atoms with E-state index in [1.165, 1.54) is 11.4 Å². The highest BCUT2D eigenvalue weighted by molar-refractivity contribution is 9.10. The van der Waals surface area contributed by atoms with E-state index in [4.69, 9.17) is 5.11 Å². The second-order valence-corrected chi connectivity index (χ2v) is 6.93. The van der Waals surface area contributed by atoms with E-state index in [0.29, 0.717) is 10.2 Å². The van der Waals surface area contributed by atoms with Crippen LogP contribution in [0.25, 0.3) is 0 Å². The predicted octanol–water partition coefficient (Wildman–Crippen LogP) is 3.01. The van der Waals surface area contributed by atoms with Crippen LogP contribution >= 0.6 is 27.3 Å². The molecule has 0 bridgehead atoms. The number of sulfonamides is 1. The van der Waals surface area contributed by atoms with Crippen molar-refractivity contribution in [3.05, 3.63) is 45.1 Å². The van der Waals surface area contributed by atoms with E-state index in [1.807, 2.05) is 0 Å². The van der Waals surface area contributed by atoms with Crippen LogP contribution in [-0.2, 0) is 10.0 Å². The van der Waals surface area contributed by atoms with Crippen LogP contribution in [0.4, 0.5) is 5.69 Å². The molecule has 100 valence electrons. The molecule has 2 N–H and O–H groups in total. The quantitative estimate of drug-likeness (QED) is 0.876. The van der Waals surface area contributed by atoms with Gasteiger partial charge >= 0.3 is 5.97 Å². The Morgan fingerprint density at radius 2 is 1.95 bits per heavy atom. The Morgan fingerprint density at radius 1 is 1.26 bits per heavy atom. The lowest BCUT2D eigenvalue weighted by molar-refractivity contribution is 0.0698. The Labute approximate surface area is 122 Å². The predicted molar refractivity (Wildman–Crippen MR) is 76.2 cm³/mol. The van der Waals surface area contributed by atoms with E-state index in [0.717, 1.165) is 11.3 Å². The first-order valence-corrected chi connectivity index (χ1v) is 8.15. The number of hydrogen-bond acceptors (Lipinski definition) is 4. The zero-order chi connectivity index (χ0) is 14.0. The summed E-state index contributed by atoms with van der Waals surface area (Å²) >= 11 is 4.09. The molecular formula is C11H8BrNO4S2. The number of para-hydroxylation sites is 1. The molecule has 1 heterocycles. The van der Waals surface area contributed by atoms with Gasteiger partial charge in [-0.15, -0.1) is 11.3 Å². The lowest BCUT2D eigenvalue weighted by atomic mass is 10.3. The number of halogens is 1. The number of nitrogens with one attached hydrogen (secondary N) is 1. The van der Waals surface area contributed by atoms with Gasteiger partial charge in [0.25, 0.3) is 10.0 Å². The average molecular weight is 362 g/mol. The van der Waals surface area contributed by atoms with Gasteiger partial charge in [-0.2, -0.15) is 0 Å². The minimum Gasteiger partial charge on any atom is -0.477 e. The summed E-state index contributed by atoms with van der Waals surface area (Å²) in [5.41, 5.74) is 0.352. The zero-order valence-electron chi connectivity index (χ0n) is 9.33. The maximum absolute atomic E-state index is 12.2. The topological polar surface area (TPSA) is 83.5 Å². The van der Waals surface area contributed by atoms with Gasteiger partial charge in [0.2, 0.25) is 0 Å². The fourth-order valence-corrected chi connectivity index (χ4v) is 4.26. The lowest BCUT2D eigenvalue weighted by Crippen LogP contribution is -2.15. The molecule has 0 amide bonds. The molecule has 0 radical (unpaired) electrons. The van der Waals surface area contributed by atoms with Crippen LogP contribution in [0.5, 0.6) is 0 Å². The molecule has 2 rings (SSSR count). The van der Waals surface area contributed by atoms with Crippen molar-refractivity contribution in [1.29, 1.82) is 0 Å². The van der Waals surface area contributed by atoms with E-state index < -0.39 is 16.0 Å². The number of aromatic carboxylic acids is 1. The van der Waals surface area contributed by atoms with E-state index >= 15 is 0 Å². The number of thiophene rings is 1. The van der Waals surface area contributed by atoms with Gasteiger partial charge in [-0.3, -0.25) is 4.72 Å². The number of rotatable bonds is 4. The fraction of sp³-hybridized carbons (Fsp3) is 0. The Morgan fingerprint density at radius 3 is 2.58 bits per heavy atom. The lowest BCUT2D eigenvalue weighted by Gasteiger charge is -2.09. The molecule has 0 aliphatic heterocycles. The van der Waals surface area contributed by atoms with Gasteiger partial charge in [-0.1, -0.05) is 12.1 Å². The summed E-state index contributed by atoms with van der Waals surface area (Å²) in [5, 5.41) is 10.4. The molecule has 0 aliphatic carbocycles. The van der Waals surface area contributed by atoms with Crippen LogP contribution < -0.4 is 4.72 Å².